The second-order valence-corrected chi connectivity index (χ2v) is 6.86. The Morgan fingerprint density at radius 3 is 2.62 bits per heavy atom. The van der Waals surface area contributed by atoms with E-state index >= 15 is 0 Å². The fourth-order valence-corrected chi connectivity index (χ4v) is 3.44. The summed E-state index contributed by atoms with van der Waals surface area (Å²) < 4.78 is 11.1. The van der Waals surface area contributed by atoms with Crippen molar-refractivity contribution in [3.63, 3.8) is 0 Å². The highest BCUT2D eigenvalue weighted by molar-refractivity contribution is 5.79. The van der Waals surface area contributed by atoms with Gasteiger partial charge in [-0.15, -0.1) is 0 Å². The van der Waals surface area contributed by atoms with E-state index in [2.05, 4.69) is 13.8 Å². The van der Waals surface area contributed by atoms with Crippen LogP contribution in [0.5, 0.6) is 0 Å². The zero-order valence-corrected chi connectivity index (χ0v) is 13.5. The number of carbonyl (C=O) groups excluding carboxylic acids is 1. The highest BCUT2D eigenvalue weighted by atomic mass is 16.5. The minimum Gasteiger partial charge on any atom is -0.388 e. The number of aliphatic hydroxyl groups is 1. The van der Waals surface area contributed by atoms with E-state index in [9.17, 15) is 9.90 Å². The van der Waals surface area contributed by atoms with Gasteiger partial charge >= 0.3 is 0 Å². The molecule has 21 heavy (non-hydrogen) atoms. The fourth-order valence-electron chi connectivity index (χ4n) is 3.44. The van der Waals surface area contributed by atoms with Gasteiger partial charge < -0.3 is 19.5 Å². The van der Waals surface area contributed by atoms with Gasteiger partial charge in [0.05, 0.1) is 17.6 Å². The van der Waals surface area contributed by atoms with Gasteiger partial charge in [-0.05, 0) is 18.8 Å². The summed E-state index contributed by atoms with van der Waals surface area (Å²) in [5.74, 6) is 0.360. The molecule has 2 rings (SSSR count). The van der Waals surface area contributed by atoms with E-state index in [0.29, 0.717) is 38.5 Å². The van der Waals surface area contributed by atoms with Gasteiger partial charge in [0.2, 0.25) is 5.91 Å². The number of hydrogen-bond acceptors (Lipinski definition) is 4. The molecular formula is C16H29NO4. The van der Waals surface area contributed by atoms with Gasteiger partial charge in [-0.3, -0.25) is 4.79 Å². The van der Waals surface area contributed by atoms with Gasteiger partial charge in [0.1, 0.15) is 0 Å². The molecule has 0 spiro atoms. The normalized spacial score (nSPS) is 29.4. The third kappa shape index (κ3) is 4.18. The largest absolute Gasteiger partial charge is 0.388 e. The number of amides is 1. The molecule has 122 valence electrons. The number of nitrogens with zero attached hydrogens (tertiary/aromatic N) is 1. The van der Waals surface area contributed by atoms with Gasteiger partial charge in [-0.2, -0.15) is 0 Å². The molecule has 2 saturated heterocycles. The maximum Gasteiger partial charge on any atom is 0.228 e. The molecule has 2 atom stereocenters. The monoisotopic (exact) mass is 299 g/mol. The molecule has 2 aliphatic heterocycles. The number of ether oxygens (including phenoxy) is 2. The van der Waals surface area contributed by atoms with Gasteiger partial charge in [0.25, 0.3) is 0 Å². The summed E-state index contributed by atoms with van der Waals surface area (Å²) >= 11 is 0. The second-order valence-electron chi connectivity index (χ2n) is 6.86. The number of carbonyl (C=O) groups is 1. The zero-order chi connectivity index (χ0) is 15.5. The number of hydrogen-bond donors (Lipinski definition) is 1. The lowest BCUT2D eigenvalue weighted by molar-refractivity contribution is -0.152. The van der Waals surface area contributed by atoms with Crippen molar-refractivity contribution in [2.75, 3.05) is 33.4 Å². The lowest BCUT2D eigenvalue weighted by Crippen LogP contribution is -2.51. The Morgan fingerprint density at radius 1 is 1.33 bits per heavy atom. The molecule has 1 amide bonds. The molecule has 0 radical (unpaired) electrons. The van der Waals surface area contributed by atoms with E-state index in [1.54, 1.807) is 11.9 Å². The van der Waals surface area contributed by atoms with Crippen molar-refractivity contribution in [3.8, 4) is 0 Å². The first-order valence-electron chi connectivity index (χ1n) is 8.10. The first-order valence-corrected chi connectivity index (χ1v) is 8.10. The summed E-state index contributed by atoms with van der Waals surface area (Å²) in [6, 6.07) is 0. The topological polar surface area (TPSA) is 59.0 Å². The van der Waals surface area contributed by atoms with Crippen LogP contribution in [0.3, 0.4) is 0 Å². The molecule has 2 fully saturated rings. The van der Waals surface area contributed by atoms with Crippen LogP contribution in [0, 0.1) is 11.8 Å². The molecule has 0 aromatic carbocycles. The summed E-state index contributed by atoms with van der Waals surface area (Å²) in [5, 5.41) is 10.6. The van der Waals surface area contributed by atoms with E-state index in [-0.39, 0.29) is 17.9 Å². The van der Waals surface area contributed by atoms with E-state index in [1.807, 2.05) is 0 Å². The van der Waals surface area contributed by atoms with Crippen molar-refractivity contribution in [1.82, 2.24) is 4.90 Å². The maximum atomic E-state index is 12.7. The zero-order valence-electron chi connectivity index (χ0n) is 13.5. The van der Waals surface area contributed by atoms with Crippen molar-refractivity contribution in [3.05, 3.63) is 0 Å². The number of likely N-dealkylation sites (N-methyl/N-ethyl adjacent to an activating group) is 1. The van der Waals surface area contributed by atoms with Crippen LogP contribution in [0.1, 0.15) is 39.5 Å². The fraction of sp³-hybridized carbons (Fsp3) is 0.938. The predicted octanol–water partition coefficient (Wildman–Crippen LogP) is 1.44. The lowest BCUT2D eigenvalue weighted by atomic mass is 9.86. The van der Waals surface area contributed by atoms with Crippen molar-refractivity contribution in [2.45, 2.75) is 51.2 Å². The summed E-state index contributed by atoms with van der Waals surface area (Å²) in [4.78, 5) is 14.4. The van der Waals surface area contributed by atoms with Gasteiger partial charge in [-0.1, -0.05) is 13.8 Å². The van der Waals surface area contributed by atoms with Crippen LogP contribution < -0.4 is 0 Å². The van der Waals surface area contributed by atoms with Crippen LogP contribution in [-0.2, 0) is 14.3 Å². The Hall–Kier alpha value is -0.650. The Kier molecular flexibility index (Phi) is 5.63. The van der Waals surface area contributed by atoms with E-state index in [4.69, 9.17) is 9.47 Å². The van der Waals surface area contributed by atoms with Crippen molar-refractivity contribution < 1.29 is 19.4 Å². The standard InChI is InChI=1S/C16H29NO4/c1-12(2)14-13(5-4-8-21-14)15(18)17(3)11-16(19)6-9-20-10-7-16/h12-14,19H,4-11H2,1-3H3. The Bertz CT molecular complexity index is 352. The summed E-state index contributed by atoms with van der Waals surface area (Å²) in [6.45, 7) is 6.47. The third-order valence-electron chi connectivity index (χ3n) is 4.67. The van der Waals surface area contributed by atoms with Crippen LogP contribution in [-0.4, -0.2) is 61.0 Å². The number of rotatable bonds is 4. The first kappa shape index (κ1) is 16.7. The van der Waals surface area contributed by atoms with Gasteiger partial charge in [0, 0.05) is 46.3 Å². The van der Waals surface area contributed by atoms with Crippen LogP contribution >= 0.6 is 0 Å². The smallest absolute Gasteiger partial charge is 0.228 e. The van der Waals surface area contributed by atoms with Crippen molar-refractivity contribution in [1.29, 1.82) is 0 Å². The molecule has 5 heteroatoms. The third-order valence-corrected chi connectivity index (χ3v) is 4.67. The lowest BCUT2D eigenvalue weighted by Gasteiger charge is -2.39. The maximum absolute atomic E-state index is 12.7. The second kappa shape index (κ2) is 7.07. The van der Waals surface area contributed by atoms with Crippen LogP contribution in [0.2, 0.25) is 0 Å². The SMILES string of the molecule is CC(C)C1OCCCC1C(=O)N(C)CC1(O)CCOCC1. The van der Waals surface area contributed by atoms with E-state index in [0.717, 1.165) is 19.4 Å². The molecule has 0 aliphatic carbocycles. The highest BCUT2D eigenvalue weighted by Crippen LogP contribution is 2.29. The van der Waals surface area contributed by atoms with Crippen LogP contribution in [0.25, 0.3) is 0 Å². The average molecular weight is 299 g/mol. The molecule has 1 N–H and O–H groups in total. The summed E-state index contributed by atoms with van der Waals surface area (Å²) in [5.41, 5.74) is -0.800. The van der Waals surface area contributed by atoms with Gasteiger partial charge in [-0.25, -0.2) is 0 Å². The molecule has 5 nitrogen and oxygen atoms in total. The molecule has 0 aromatic rings. The first-order chi connectivity index (χ1) is 9.93. The average Bonchev–Trinajstić information content (AvgIpc) is 2.46. The predicted molar refractivity (Wildman–Crippen MR) is 79.9 cm³/mol. The summed E-state index contributed by atoms with van der Waals surface area (Å²) in [6.07, 6.45) is 3.01. The molecular weight excluding hydrogens is 270 g/mol. The Labute approximate surface area is 127 Å². The van der Waals surface area contributed by atoms with E-state index < -0.39 is 5.60 Å². The Balaban J connectivity index is 1.97. The van der Waals surface area contributed by atoms with Crippen molar-refractivity contribution in [2.24, 2.45) is 11.8 Å². The van der Waals surface area contributed by atoms with E-state index in [1.165, 1.54) is 0 Å². The molecule has 0 bridgehead atoms. The molecule has 0 saturated carbocycles. The molecule has 2 aliphatic rings. The summed E-state index contributed by atoms with van der Waals surface area (Å²) in [7, 11) is 1.79. The van der Waals surface area contributed by atoms with Crippen molar-refractivity contribution >= 4 is 5.91 Å². The Morgan fingerprint density at radius 2 is 2.00 bits per heavy atom. The molecule has 2 unspecified atom stereocenters. The minimum atomic E-state index is -0.800. The van der Waals surface area contributed by atoms with Gasteiger partial charge in [0.15, 0.2) is 0 Å². The van der Waals surface area contributed by atoms with Crippen LogP contribution in [0.4, 0.5) is 0 Å². The molecule has 2 heterocycles. The quantitative estimate of drug-likeness (QED) is 0.853. The minimum absolute atomic E-state index is 0.00182. The molecule has 0 aromatic heterocycles. The van der Waals surface area contributed by atoms with Crippen LogP contribution in [0.15, 0.2) is 0 Å². The highest BCUT2D eigenvalue weighted by Gasteiger charge is 2.38.